The normalized spacial score (nSPS) is 10.9. The van der Waals surface area contributed by atoms with Gasteiger partial charge in [0.15, 0.2) is 8.32 Å². The molecule has 145 heavy (non-hydrogen) atoms. The number of amides is 1. The number of aromatic nitrogens is 3. The molecule has 11 N–H and O–H groups in total. The lowest BCUT2D eigenvalue weighted by molar-refractivity contribution is -0.387. The molecule has 0 unspecified atom stereocenters. The van der Waals surface area contributed by atoms with Crippen molar-refractivity contribution >= 4 is 184 Å². The van der Waals surface area contributed by atoms with Crippen molar-refractivity contribution in [3.05, 3.63) is 254 Å². The van der Waals surface area contributed by atoms with Crippen molar-refractivity contribution in [3.63, 3.8) is 0 Å². The Morgan fingerprint density at radius 3 is 1.14 bits per heavy atom. The number of ether oxygens (including phenoxy) is 2. The number of anilines is 4. The molecule has 0 saturated carbocycles. The van der Waals surface area contributed by atoms with Crippen LogP contribution in [0.25, 0.3) is 32.7 Å². The van der Waals surface area contributed by atoms with Crippen molar-refractivity contribution in [2.24, 2.45) is 16.2 Å². The number of H-pyrrole nitrogens is 3. The van der Waals surface area contributed by atoms with Gasteiger partial charge in [0.1, 0.15) is 5.78 Å². The second kappa shape index (κ2) is 59.4. The Hall–Kier alpha value is -13.1. The van der Waals surface area contributed by atoms with E-state index in [1.54, 1.807) is 60.6 Å². The topological polar surface area (TPSA) is 556 Å². The van der Waals surface area contributed by atoms with E-state index in [-0.39, 0.29) is 141 Å². The molecule has 1 amide bonds. The van der Waals surface area contributed by atoms with Gasteiger partial charge in [-0.3, -0.25) is 90.0 Å². The minimum atomic E-state index is -1.80. The van der Waals surface area contributed by atoms with Gasteiger partial charge in [-0.1, -0.05) is 131 Å². The number of nitro groups is 7. The molecule has 7 aromatic carbocycles. The standard InChI is InChI=1S/C19H29FN2O3Si.C15H17FN2O4.C14H15FN2O3.C13H15FN2O3.C11H13FN2O3.C9H14O2.C6H4BrFN2O2.C6H5FN2O2.4CH4.Br2.ClH/c1-18(2,3)26(6,7)25-9-8-19(4,5)17-11-13-10-16(22(23)24)14(20)12-15(13)21-17;1-4-22-14(19)8-15(2,3)13-6-9-5-12(18(20)21)10(16)7-11(9)17-13;1-9(18)8-14(2,3)5-4-10-6-13(17(19)20)11(15)7-12(10)16;1-13(2,3-4-17)12-6-8-5-11(16(18)19)9(14)7-10(8)15-12;1-11(2,3)10(15)13-7-4-5-9(14(16)17)8(12)6-7;1-5-9(3,4)7-8(10)11-6-2;7-3-1-6(10(11)12)4(8)2-5(3)9;7-5-3-4(8)1-2-6(5)9(10)11;;;;;1-2;/h10-12,21H,8-9H2,1-7H3;5-7,17H,4,8H2,1-3H3;6-7H,8,16H2,1-3H3;5-7,15,17H,3-4H2,1-2H3;4-6H,1-3H3,(H,13,15);1H,6-7H2,2-4H3;1-2H,9H2;1-3H,8H2;4*1H4;;1H. The van der Waals surface area contributed by atoms with E-state index >= 15 is 0 Å². The molecule has 3 heterocycles. The number of nitrogens with zero attached hydrogens (tertiary/aromatic N) is 7. The van der Waals surface area contributed by atoms with Gasteiger partial charge in [0.2, 0.25) is 46.6 Å². The number of ketones is 1. The molecule has 36 nitrogen and oxygen atoms in total. The Balaban J connectivity index is -0.000000789. The first kappa shape index (κ1) is 138. The van der Waals surface area contributed by atoms with Gasteiger partial charge in [-0.2, -0.15) is 30.7 Å². The van der Waals surface area contributed by atoms with Crippen LogP contribution in [-0.4, -0.2) is 113 Å². The fraction of sp³-hybridized carbons (Fsp3) is 0.423. The van der Waals surface area contributed by atoms with E-state index in [1.807, 2.05) is 47.6 Å². The number of nitro benzene ring substituents is 7. The van der Waals surface area contributed by atoms with Crippen LogP contribution in [0, 0.1) is 152 Å². The summed E-state index contributed by atoms with van der Waals surface area (Å²) < 4.78 is 109. The third-order valence-electron chi connectivity index (χ3n) is 20.8. The van der Waals surface area contributed by atoms with Crippen LogP contribution in [0.3, 0.4) is 0 Å². The number of hydrogen-bond donors (Lipinski definition) is 8. The van der Waals surface area contributed by atoms with Crippen LogP contribution in [0.15, 0.2) is 120 Å². The maximum atomic E-state index is 13.8. The van der Waals surface area contributed by atoms with Crippen LogP contribution in [0.2, 0.25) is 18.1 Å². The van der Waals surface area contributed by atoms with Crippen LogP contribution in [0.5, 0.6) is 0 Å². The highest BCUT2D eigenvalue weighted by molar-refractivity contribution is 9.93. The molecular weight excluding hydrogens is 2150 g/mol. The van der Waals surface area contributed by atoms with Gasteiger partial charge in [0.05, 0.1) is 71.8 Å². The van der Waals surface area contributed by atoms with Gasteiger partial charge in [-0.05, 0) is 126 Å². The minimum absolute atomic E-state index is 0. The summed E-state index contributed by atoms with van der Waals surface area (Å²) in [5.41, 5.74) is 14.0. The number of fused-ring (bicyclic) bond motifs is 3. The monoisotopic (exact) mass is 2270 g/mol. The summed E-state index contributed by atoms with van der Waals surface area (Å²) in [4.78, 5) is 123. The zero-order chi connectivity index (χ0) is 108. The first-order valence-electron chi connectivity index (χ1n) is 42.0. The number of Topliss-reactive ketones (excluding diaryl/α,β-unsaturated/α-hetero) is 1. The zero-order valence-electron chi connectivity index (χ0n) is 81.0. The number of nitrogens with one attached hydrogen (secondary N) is 4. The molecular formula is C97H129Br3ClF7N14O22Si. The number of aromatic amines is 3. The average Bonchev–Trinajstić information content (AvgIpc) is 1.65. The molecule has 0 bridgehead atoms. The van der Waals surface area contributed by atoms with E-state index in [0.717, 1.165) is 78.5 Å². The number of nitrogen functional groups attached to an aromatic ring is 3. The lowest BCUT2D eigenvalue weighted by Crippen LogP contribution is -2.41. The second-order valence-corrected chi connectivity index (χ2v) is 42.5. The van der Waals surface area contributed by atoms with Crippen molar-refractivity contribution in [2.75, 3.05) is 48.9 Å². The maximum Gasteiger partial charge on any atom is 0.307 e. The smallest absolute Gasteiger partial charge is 0.307 e. The second-order valence-electron chi connectivity index (χ2n) is 36.8. The number of rotatable bonds is 25. The number of aliphatic hydroxyl groups excluding tert-OH is 1. The number of terminal acetylenes is 1. The molecule has 0 aliphatic heterocycles. The van der Waals surface area contributed by atoms with Crippen molar-refractivity contribution in [1.82, 2.24) is 15.0 Å². The number of carbonyl (C=O) groups is 4. The van der Waals surface area contributed by atoms with Gasteiger partial charge >= 0.3 is 51.8 Å². The molecule has 0 radical (unpaired) electrons. The Kier molecular flexibility index (Phi) is 56.6. The third-order valence-corrected chi connectivity index (χ3v) is 26.0. The van der Waals surface area contributed by atoms with Gasteiger partial charge in [0, 0.05) is 237 Å². The predicted molar refractivity (Wildman–Crippen MR) is 568 cm³/mol. The molecule has 0 spiro atoms. The summed E-state index contributed by atoms with van der Waals surface area (Å²) >= 11 is 8.45. The Morgan fingerprint density at radius 1 is 0.462 bits per heavy atom. The zero-order valence-corrected chi connectivity index (χ0v) is 87.6. The summed E-state index contributed by atoms with van der Waals surface area (Å²) in [6.07, 6.45) is 7.23. The Bertz CT molecular complexity index is 6310. The van der Waals surface area contributed by atoms with Gasteiger partial charge < -0.3 is 56.5 Å². The van der Waals surface area contributed by atoms with E-state index in [4.69, 9.17) is 42.6 Å². The highest BCUT2D eigenvalue weighted by Gasteiger charge is 2.38. The highest BCUT2D eigenvalue weighted by atomic mass is 80.9. The fourth-order valence-electron chi connectivity index (χ4n) is 11.7. The lowest BCUT2D eigenvalue weighted by atomic mass is 9.86. The molecule has 0 atom stereocenters. The Morgan fingerprint density at radius 2 is 0.800 bits per heavy atom. The largest absolute Gasteiger partial charge is 0.466 e. The lowest BCUT2D eigenvalue weighted by Gasteiger charge is -2.37. The summed E-state index contributed by atoms with van der Waals surface area (Å²) in [6, 6.07) is 22.7. The molecule has 800 valence electrons. The van der Waals surface area contributed by atoms with Crippen LogP contribution in [0.1, 0.15) is 216 Å². The third kappa shape index (κ3) is 43.4. The summed E-state index contributed by atoms with van der Waals surface area (Å²) in [5.74, 6) is 0.814. The fourth-order valence-corrected chi connectivity index (χ4v) is 13.1. The number of nitrogens with two attached hydrogens (primary N) is 3. The number of esters is 2. The average molecular weight is 2280 g/mol. The summed E-state index contributed by atoms with van der Waals surface area (Å²) in [7, 11) is -1.80. The molecule has 0 fully saturated rings. The van der Waals surface area contributed by atoms with Crippen LogP contribution in [-0.2, 0) is 49.3 Å². The van der Waals surface area contributed by atoms with E-state index in [9.17, 15) is 121 Å². The first-order chi connectivity index (χ1) is 64.3. The van der Waals surface area contributed by atoms with Crippen LogP contribution in [0.4, 0.5) is 93.3 Å². The molecule has 10 rings (SSSR count). The molecule has 3 aromatic heterocycles. The van der Waals surface area contributed by atoms with E-state index in [0.29, 0.717) is 69.1 Å². The van der Waals surface area contributed by atoms with Crippen LogP contribution < -0.4 is 22.5 Å². The number of halogens is 11. The maximum absolute atomic E-state index is 13.8. The molecule has 0 saturated heterocycles. The van der Waals surface area contributed by atoms with Crippen molar-refractivity contribution in [3.8, 4) is 24.2 Å². The number of aliphatic hydroxyl groups is 1. The first-order valence-corrected chi connectivity index (χ1v) is 49.4. The quantitative estimate of drug-likeness (QED) is 0.00501. The van der Waals surface area contributed by atoms with Gasteiger partial charge in [-0.25, -0.2) is 0 Å². The van der Waals surface area contributed by atoms with E-state index < -0.39 is 140 Å². The SMILES string of the molecule is BrBr.C.C.C.C.C#CC(C)(C)CC(=O)OCC.CC(=O)CC(C)(C)C#Cc1cc([N+](=O)[O-])c(F)cc1N.CC(C)(C)C(=O)Nc1ccc([N+](=O)[O-])c(F)c1.CC(C)(CCO)c1cc2cc([N+](=O)[O-])c(F)cc2[nH]1.CC(C)(CCO[Si](C)(C)C(C)(C)C)c1cc2cc([N+](=O)[O-])c(F)cc2[nH]1.CCOC(=O)CC(C)(C)c1cc2cc([N+](=O)[O-])c(F)cc2[nH]1.Cl.Nc1cc(F)c([N+](=O)[O-])cc1Br.Nc1ccc([N+](=O)[O-])c(F)c1. The minimum Gasteiger partial charge on any atom is -0.466 e. The van der Waals surface area contributed by atoms with E-state index in [2.05, 4.69) is 130 Å². The molecule has 48 heteroatoms. The summed E-state index contributed by atoms with van der Waals surface area (Å²) in [5, 5.41) is 87.2. The van der Waals surface area contributed by atoms with Crippen molar-refractivity contribution < 1.29 is 103 Å². The molecule has 0 aliphatic carbocycles. The van der Waals surface area contributed by atoms with Crippen molar-refractivity contribution in [2.45, 2.75) is 228 Å². The number of carbonyl (C=O) groups excluding carboxylic acids is 4. The number of benzene rings is 7. The molecule has 10 aromatic rings. The van der Waals surface area contributed by atoms with Crippen LogP contribution >= 0.6 is 56.6 Å². The Labute approximate surface area is 867 Å². The van der Waals surface area contributed by atoms with Crippen molar-refractivity contribution in [1.29, 1.82) is 0 Å². The highest BCUT2D eigenvalue weighted by Crippen LogP contribution is 2.41. The van der Waals surface area contributed by atoms with E-state index in [1.165, 1.54) is 43.3 Å². The number of hydrogen-bond acceptors (Lipinski definition) is 25. The summed E-state index contributed by atoms with van der Waals surface area (Å²) in [6.45, 7) is 41.6. The van der Waals surface area contributed by atoms with Gasteiger partial charge in [0.25, 0.3) is 0 Å². The molecule has 0 aliphatic rings. The predicted octanol–water partition coefficient (Wildman–Crippen LogP) is 27.3. The van der Waals surface area contributed by atoms with Gasteiger partial charge in [-0.15, -0.1) is 18.8 Å².